The summed E-state index contributed by atoms with van der Waals surface area (Å²) < 4.78 is 0. The average molecular weight is 311 g/mol. The van der Waals surface area contributed by atoms with Gasteiger partial charge in [-0.15, -0.1) is 11.3 Å². The van der Waals surface area contributed by atoms with E-state index in [2.05, 4.69) is 15.6 Å². The van der Waals surface area contributed by atoms with Gasteiger partial charge < -0.3 is 5.11 Å². The van der Waals surface area contributed by atoms with E-state index in [-0.39, 0.29) is 12.8 Å². The summed E-state index contributed by atoms with van der Waals surface area (Å²) in [6.07, 6.45) is 4.83. The van der Waals surface area contributed by atoms with Crippen molar-refractivity contribution in [3.8, 4) is 0 Å². The number of carboxylic acid groups (broad SMARTS) is 1. The Bertz CT molecular complexity index is 524. The Balaban J connectivity index is 1.87. The third-order valence-corrected chi connectivity index (χ3v) is 4.32. The van der Waals surface area contributed by atoms with Crippen LogP contribution in [0.1, 0.15) is 38.5 Å². The highest BCUT2D eigenvalue weighted by atomic mass is 32.1. The van der Waals surface area contributed by atoms with Crippen LogP contribution in [-0.4, -0.2) is 28.0 Å². The van der Waals surface area contributed by atoms with Crippen LogP contribution >= 0.6 is 11.3 Å². The van der Waals surface area contributed by atoms with Gasteiger partial charge in [0.05, 0.1) is 6.42 Å². The molecule has 0 bridgehead atoms. The number of thiazole rings is 1. The molecule has 0 unspecified atom stereocenters. The number of carbonyl (C=O) groups excluding carboxylic acids is 2. The van der Waals surface area contributed by atoms with Crippen molar-refractivity contribution in [2.45, 2.75) is 38.5 Å². The van der Waals surface area contributed by atoms with Gasteiger partial charge in [-0.3, -0.25) is 20.2 Å². The summed E-state index contributed by atoms with van der Waals surface area (Å²) in [7, 11) is 0. The zero-order chi connectivity index (χ0) is 15.3. The lowest BCUT2D eigenvalue weighted by Crippen LogP contribution is -2.38. The number of aromatic nitrogens is 1. The van der Waals surface area contributed by atoms with E-state index in [0.717, 1.165) is 12.8 Å². The van der Waals surface area contributed by atoms with E-state index < -0.39 is 23.3 Å². The normalized spacial score (nSPS) is 16.4. The van der Waals surface area contributed by atoms with E-state index in [1.54, 1.807) is 11.6 Å². The fourth-order valence-electron chi connectivity index (χ4n) is 2.79. The third-order valence-electron chi connectivity index (χ3n) is 3.63. The minimum absolute atomic E-state index is 0.0332. The maximum atomic E-state index is 11.9. The van der Waals surface area contributed by atoms with Crippen molar-refractivity contribution in [3.05, 3.63) is 11.6 Å². The molecule has 1 fully saturated rings. The lowest BCUT2D eigenvalue weighted by molar-refractivity contribution is -0.140. The number of nitrogens with one attached hydrogen (secondary N) is 2. The molecule has 1 saturated carbocycles. The molecule has 2 rings (SSSR count). The number of urea groups is 1. The minimum atomic E-state index is -0.906. The fourth-order valence-corrected chi connectivity index (χ4v) is 3.31. The van der Waals surface area contributed by atoms with Crippen molar-refractivity contribution >= 4 is 34.4 Å². The van der Waals surface area contributed by atoms with E-state index in [4.69, 9.17) is 5.11 Å². The quantitative estimate of drug-likeness (QED) is 0.772. The number of aliphatic carboxylic acids is 1. The molecule has 3 N–H and O–H groups in total. The minimum Gasteiger partial charge on any atom is -0.481 e. The van der Waals surface area contributed by atoms with Gasteiger partial charge in [0.15, 0.2) is 5.13 Å². The van der Waals surface area contributed by atoms with Crippen LogP contribution in [0, 0.1) is 5.41 Å². The molecule has 8 heteroatoms. The summed E-state index contributed by atoms with van der Waals surface area (Å²) >= 11 is 1.25. The van der Waals surface area contributed by atoms with Gasteiger partial charge in [0.25, 0.3) is 0 Å². The monoisotopic (exact) mass is 311 g/mol. The Morgan fingerprint density at radius 3 is 2.57 bits per heavy atom. The topological polar surface area (TPSA) is 108 Å². The molecule has 0 saturated heterocycles. The molecule has 1 aromatic rings. The highest BCUT2D eigenvalue weighted by Gasteiger charge is 2.38. The molecule has 114 valence electrons. The summed E-state index contributed by atoms with van der Waals surface area (Å²) in [6, 6.07) is -0.640. The Morgan fingerprint density at radius 1 is 1.29 bits per heavy atom. The number of carbonyl (C=O) groups is 3. The van der Waals surface area contributed by atoms with E-state index in [9.17, 15) is 14.4 Å². The number of imide groups is 1. The largest absolute Gasteiger partial charge is 0.481 e. The van der Waals surface area contributed by atoms with Crippen molar-refractivity contribution in [2.75, 3.05) is 5.32 Å². The van der Waals surface area contributed by atoms with Crippen LogP contribution in [-0.2, 0) is 9.59 Å². The summed E-state index contributed by atoms with van der Waals surface area (Å²) in [5, 5.41) is 15.8. The Morgan fingerprint density at radius 2 is 2.00 bits per heavy atom. The second-order valence-corrected chi connectivity index (χ2v) is 6.19. The molecule has 1 aromatic heterocycles. The molecule has 0 aliphatic heterocycles. The second kappa shape index (κ2) is 6.66. The lowest BCUT2D eigenvalue weighted by Gasteiger charge is -2.26. The van der Waals surface area contributed by atoms with Gasteiger partial charge >= 0.3 is 12.0 Å². The van der Waals surface area contributed by atoms with Gasteiger partial charge in [0.1, 0.15) is 0 Å². The molecule has 0 aromatic carbocycles. The molecule has 1 aliphatic carbocycles. The van der Waals surface area contributed by atoms with Crippen molar-refractivity contribution in [2.24, 2.45) is 5.41 Å². The van der Waals surface area contributed by atoms with Crippen LogP contribution in [0.5, 0.6) is 0 Å². The zero-order valence-corrected chi connectivity index (χ0v) is 12.2. The van der Waals surface area contributed by atoms with Gasteiger partial charge in [-0.2, -0.15) is 0 Å². The standard InChI is InChI=1S/C13H17N3O4S/c17-9(15-11(20)16-12-14-5-6-21-12)7-13(8-10(18)19)3-1-2-4-13/h5-6H,1-4,7-8H2,(H,18,19)(H2,14,15,16,17,20). The van der Waals surface area contributed by atoms with Gasteiger partial charge in [-0.1, -0.05) is 12.8 Å². The molecule has 0 atom stereocenters. The molecule has 3 amide bonds. The highest BCUT2D eigenvalue weighted by molar-refractivity contribution is 7.13. The SMILES string of the molecule is O=C(O)CC1(CC(=O)NC(=O)Nc2nccs2)CCCC1. The highest BCUT2D eigenvalue weighted by Crippen LogP contribution is 2.43. The van der Waals surface area contributed by atoms with Crippen molar-refractivity contribution in [1.29, 1.82) is 0 Å². The predicted molar refractivity (Wildman–Crippen MR) is 77.0 cm³/mol. The molecule has 7 nitrogen and oxygen atoms in total. The van der Waals surface area contributed by atoms with E-state index in [0.29, 0.717) is 18.0 Å². The van der Waals surface area contributed by atoms with E-state index in [1.807, 2.05) is 0 Å². The van der Waals surface area contributed by atoms with E-state index >= 15 is 0 Å². The van der Waals surface area contributed by atoms with Crippen molar-refractivity contribution in [1.82, 2.24) is 10.3 Å². The van der Waals surface area contributed by atoms with Crippen LogP contribution in [0.3, 0.4) is 0 Å². The number of amides is 3. The maximum Gasteiger partial charge on any atom is 0.327 e. The Labute approximate surface area is 125 Å². The first-order valence-electron chi connectivity index (χ1n) is 6.71. The average Bonchev–Trinajstić information content (AvgIpc) is 3.00. The number of anilines is 1. The molecule has 0 radical (unpaired) electrons. The van der Waals surface area contributed by atoms with Crippen LogP contribution in [0.25, 0.3) is 0 Å². The second-order valence-electron chi connectivity index (χ2n) is 5.29. The summed E-state index contributed by atoms with van der Waals surface area (Å²) in [5.41, 5.74) is -0.516. The molecule has 0 spiro atoms. The molecule has 1 heterocycles. The molecular weight excluding hydrogens is 294 g/mol. The summed E-state index contributed by atoms with van der Waals surface area (Å²) in [4.78, 5) is 38.4. The van der Waals surface area contributed by atoms with Gasteiger partial charge in [0, 0.05) is 18.0 Å². The molecule has 21 heavy (non-hydrogen) atoms. The van der Waals surface area contributed by atoms with Crippen LogP contribution < -0.4 is 10.6 Å². The third kappa shape index (κ3) is 4.52. The molecule has 1 aliphatic rings. The Hall–Kier alpha value is -1.96. The number of hydrogen-bond donors (Lipinski definition) is 3. The number of nitrogens with zero attached hydrogens (tertiary/aromatic N) is 1. The van der Waals surface area contributed by atoms with Crippen molar-refractivity contribution < 1.29 is 19.5 Å². The van der Waals surface area contributed by atoms with Gasteiger partial charge in [-0.05, 0) is 18.3 Å². The predicted octanol–water partition coefficient (Wildman–Crippen LogP) is 2.22. The zero-order valence-electron chi connectivity index (χ0n) is 11.4. The smallest absolute Gasteiger partial charge is 0.327 e. The first-order chi connectivity index (χ1) is 9.99. The van der Waals surface area contributed by atoms with Crippen LogP contribution in [0.2, 0.25) is 0 Å². The maximum absolute atomic E-state index is 11.9. The lowest BCUT2D eigenvalue weighted by atomic mass is 9.79. The van der Waals surface area contributed by atoms with Crippen molar-refractivity contribution in [3.63, 3.8) is 0 Å². The Kier molecular flexibility index (Phi) is 4.89. The first kappa shape index (κ1) is 15.4. The fraction of sp³-hybridized carbons (Fsp3) is 0.538. The number of hydrogen-bond acceptors (Lipinski definition) is 5. The van der Waals surface area contributed by atoms with Gasteiger partial charge in [-0.25, -0.2) is 9.78 Å². The van der Waals surface area contributed by atoms with E-state index in [1.165, 1.54) is 11.3 Å². The van der Waals surface area contributed by atoms with Crippen LogP contribution in [0.15, 0.2) is 11.6 Å². The van der Waals surface area contributed by atoms with Gasteiger partial charge in [0.2, 0.25) is 5.91 Å². The summed E-state index contributed by atoms with van der Waals surface area (Å²) in [5.74, 6) is -1.36. The molecular formula is C13H17N3O4S. The first-order valence-corrected chi connectivity index (χ1v) is 7.59. The summed E-state index contributed by atoms with van der Waals surface area (Å²) in [6.45, 7) is 0. The number of rotatable bonds is 5. The van der Waals surface area contributed by atoms with Crippen LogP contribution in [0.4, 0.5) is 9.93 Å². The number of carboxylic acids is 1.